The Morgan fingerprint density at radius 2 is 2.00 bits per heavy atom. The summed E-state index contributed by atoms with van der Waals surface area (Å²) in [6.07, 6.45) is 4.46. The number of pyridine rings is 1. The topological polar surface area (TPSA) is 92.1 Å². The van der Waals surface area contributed by atoms with Crippen LogP contribution in [0.15, 0.2) is 24.3 Å². The number of anilines is 3. The van der Waals surface area contributed by atoms with E-state index in [1.807, 2.05) is 38.1 Å². The molecule has 1 amide bonds. The number of fused-ring (bicyclic) bond motifs is 1. The Labute approximate surface area is 159 Å². The second-order valence-corrected chi connectivity index (χ2v) is 7.66. The highest BCUT2D eigenvalue weighted by atomic mass is 16.1. The molecule has 1 fully saturated rings. The SMILES string of the molecule is Cc1cccc(Nc2nc(N[C@@H]3CCCC[C@@H]3N)c(C)c3c2C(=O)NC3)c1. The number of benzene rings is 1. The molecule has 0 unspecified atom stereocenters. The van der Waals surface area contributed by atoms with Crippen molar-refractivity contribution in [3.63, 3.8) is 0 Å². The Morgan fingerprint density at radius 1 is 1.19 bits per heavy atom. The van der Waals surface area contributed by atoms with E-state index < -0.39 is 0 Å². The molecule has 5 N–H and O–H groups in total. The highest BCUT2D eigenvalue weighted by molar-refractivity contribution is 6.04. The fourth-order valence-corrected chi connectivity index (χ4v) is 4.05. The van der Waals surface area contributed by atoms with E-state index in [1.165, 1.54) is 12.8 Å². The second-order valence-electron chi connectivity index (χ2n) is 7.66. The minimum absolute atomic E-state index is 0.0725. The van der Waals surface area contributed by atoms with E-state index in [9.17, 15) is 4.79 Å². The summed E-state index contributed by atoms with van der Waals surface area (Å²) in [4.78, 5) is 17.2. The van der Waals surface area contributed by atoms with Crippen LogP contribution >= 0.6 is 0 Å². The summed E-state index contributed by atoms with van der Waals surface area (Å²) in [5, 5.41) is 9.85. The van der Waals surface area contributed by atoms with Crippen LogP contribution < -0.4 is 21.7 Å². The Kier molecular flexibility index (Phi) is 4.74. The van der Waals surface area contributed by atoms with Gasteiger partial charge in [0.15, 0.2) is 0 Å². The number of amides is 1. The fourth-order valence-electron chi connectivity index (χ4n) is 4.05. The average molecular weight is 365 g/mol. The van der Waals surface area contributed by atoms with E-state index in [-0.39, 0.29) is 18.0 Å². The zero-order chi connectivity index (χ0) is 19.0. The Hall–Kier alpha value is -2.60. The molecule has 2 atom stereocenters. The highest BCUT2D eigenvalue weighted by Crippen LogP contribution is 2.33. The highest BCUT2D eigenvalue weighted by Gasteiger charge is 2.29. The molecule has 1 aliphatic carbocycles. The maximum atomic E-state index is 12.4. The van der Waals surface area contributed by atoms with Crippen molar-refractivity contribution in [2.45, 2.75) is 58.2 Å². The van der Waals surface area contributed by atoms with Crippen LogP contribution in [0.4, 0.5) is 17.3 Å². The number of carbonyl (C=O) groups is 1. The normalized spacial score (nSPS) is 21.5. The molecule has 2 aliphatic rings. The molecule has 6 heteroatoms. The zero-order valence-electron chi connectivity index (χ0n) is 15.9. The number of nitrogens with zero attached hydrogens (tertiary/aromatic N) is 1. The van der Waals surface area contributed by atoms with E-state index in [0.29, 0.717) is 17.9 Å². The summed E-state index contributed by atoms with van der Waals surface area (Å²) < 4.78 is 0. The van der Waals surface area contributed by atoms with Gasteiger partial charge in [-0.2, -0.15) is 0 Å². The quantitative estimate of drug-likeness (QED) is 0.667. The van der Waals surface area contributed by atoms with Crippen molar-refractivity contribution >= 4 is 23.2 Å². The van der Waals surface area contributed by atoms with Crippen molar-refractivity contribution in [2.75, 3.05) is 10.6 Å². The molecule has 0 spiro atoms. The second kappa shape index (κ2) is 7.19. The van der Waals surface area contributed by atoms with E-state index in [2.05, 4.69) is 16.0 Å². The van der Waals surface area contributed by atoms with Crippen molar-refractivity contribution in [1.82, 2.24) is 10.3 Å². The first kappa shape index (κ1) is 17.8. The molecule has 0 saturated heterocycles. The number of carbonyl (C=O) groups excluding carboxylic acids is 1. The summed E-state index contributed by atoms with van der Waals surface area (Å²) in [7, 11) is 0. The predicted octanol–water partition coefficient (Wildman–Crippen LogP) is 3.37. The molecule has 4 rings (SSSR count). The number of hydrogen-bond acceptors (Lipinski definition) is 5. The van der Waals surface area contributed by atoms with Gasteiger partial charge in [-0.3, -0.25) is 4.79 Å². The minimum Gasteiger partial charge on any atom is -0.365 e. The van der Waals surface area contributed by atoms with E-state index in [1.54, 1.807) is 0 Å². The number of nitrogens with one attached hydrogen (secondary N) is 3. The maximum Gasteiger partial charge on any atom is 0.255 e. The number of nitrogens with two attached hydrogens (primary N) is 1. The fraction of sp³-hybridized carbons (Fsp3) is 0.429. The van der Waals surface area contributed by atoms with Crippen LogP contribution in [0.3, 0.4) is 0 Å². The summed E-state index contributed by atoms with van der Waals surface area (Å²) in [6, 6.07) is 8.43. The Balaban J connectivity index is 1.71. The molecule has 2 heterocycles. The summed E-state index contributed by atoms with van der Waals surface area (Å²) in [6.45, 7) is 4.61. The molecule has 1 aliphatic heterocycles. The van der Waals surface area contributed by atoms with Gasteiger partial charge in [-0.1, -0.05) is 25.0 Å². The molecule has 27 heavy (non-hydrogen) atoms. The minimum atomic E-state index is -0.0725. The van der Waals surface area contributed by atoms with Gasteiger partial charge in [-0.25, -0.2) is 4.98 Å². The molecule has 6 nitrogen and oxygen atoms in total. The molecular formula is C21H27N5O. The van der Waals surface area contributed by atoms with Gasteiger partial charge >= 0.3 is 0 Å². The van der Waals surface area contributed by atoms with Crippen molar-refractivity contribution in [3.8, 4) is 0 Å². The molecule has 0 bridgehead atoms. The molecule has 2 aromatic rings. The van der Waals surface area contributed by atoms with Gasteiger partial charge in [0.1, 0.15) is 11.6 Å². The van der Waals surface area contributed by atoms with Gasteiger partial charge in [0.05, 0.1) is 5.56 Å². The first-order valence-electron chi connectivity index (χ1n) is 9.70. The van der Waals surface area contributed by atoms with Crippen LogP contribution in [0.5, 0.6) is 0 Å². The third-order valence-corrected chi connectivity index (χ3v) is 5.65. The van der Waals surface area contributed by atoms with E-state index in [4.69, 9.17) is 10.7 Å². The standard InChI is InChI=1S/C21H27N5O/c1-12-6-5-7-14(10-12)24-20-18-15(11-23-21(18)27)13(2)19(26-20)25-17-9-4-3-8-16(17)22/h5-7,10,16-17H,3-4,8-9,11,22H2,1-2H3,(H,23,27)(H2,24,25,26)/t16-,17+/m0/s1. The number of hydrogen-bond donors (Lipinski definition) is 4. The van der Waals surface area contributed by atoms with Crippen LogP contribution in [-0.2, 0) is 6.54 Å². The summed E-state index contributed by atoms with van der Waals surface area (Å²) >= 11 is 0. The van der Waals surface area contributed by atoms with Crippen LogP contribution in [0, 0.1) is 13.8 Å². The van der Waals surface area contributed by atoms with Gasteiger partial charge in [-0.15, -0.1) is 0 Å². The first-order valence-corrected chi connectivity index (χ1v) is 9.70. The predicted molar refractivity (Wildman–Crippen MR) is 108 cm³/mol. The molecule has 1 saturated carbocycles. The van der Waals surface area contributed by atoms with E-state index in [0.717, 1.165) is 41.0 Å². The molecule has 0 radical (unpaired) electrons. The van der Waals surface area contributed by atoms with Crippen molar-refractivity contribution < 1.29 is 4.79 Å². The van der Waals surface area contributed by atoms with Gasteiger partial charge in [-0.05, 0) is 55.5 Å². The van der Waals surface area contributed by atoms with Gasteiger partial charge in [0, 0.05) is 24.3 Å². The van der Waals surface area contributed by atoms with Crippen LogP contribution in [0.25, 0.3) is 0 Å². The van der Waals surface area contributed by atoms with Crippen LogP contribution in [0.2, 0.25) is 0 Å². The molecule has 1 aromatic carbocycles. The molecular weight excluding hydrogens is 338 g/mol. The van der Waals surface area contributed by atoms with Crippen LogP contribution in [0.1, 0.15) is 52.7 Å². The number of rotatable bonds is 4. The molecule has 1 aromatic heterocycles. The Bertz CT molecular complexity index is 879. The number of aromatic nitrogens is 1. The number of aryl methyl sites for hydroxylation is 1. The van der Waals surface area contributed by atoms with Gasteiger partial charge in [0.25, 0.3) is 5.91 Å². The van der Waals surface area contributed by atoms with Crippen molar-refractivity contribution in [2.24, 2.45) is 5.73 Å². The van der Waals surface area contributed by atoms with Gasteiger partial charge in [0.2, 0.25) is 0 Å². The van der Waals surface area contributed by atoms with E-state index >= 15 is 0 Å². The average Bonchev–Trinajstić information content (AvgIpc) is 3.03. The first-order chi connectivity index (χ1) is 13.0. The lowest BCUT2D eigenvalue weighted by Gasteiger charge is -2.30. The largest absolute Gasteiger partial charge is 0.365 e. The summed E-state index contributed by atoms with van der Waals surface area (Å²) in [5.74, 6) is 1.35. The van der Waals surface area contributed by atoms with Crippen LogP contribution in [-0.4, -0.2) is 23.0 Å². The lowest BCUT2D eigenvalue weighted by atomic mass is 9.91. The van der Waals surface area contributed by atoms with Gasteiger partial charge < -0.3 is 21.7 Å². The zero-order valence-corrected chi connectivity index (χ0v) is 15.9. The Morgan fingerprint density at radius 3 is 2.78 bits per heavy atom. The maximum absolute atomic E-state index is 12.4. The smallest absolute Gasteiger partial charge is 0.255 e. The monoisotopic (exact) mass is 365 g/mol. The summed E-state index contributed by atoms with van der Waals surface area (Å²) in [5.41, 5.74) is 11.1. The van der Waals surface area contributed by atoms with Crippen molar-refractivity contribution in [1.29, 1.82) is 0 Å². The van der Waals surface area contributed by atoms with Crippen molar-refractivity contribution in [3.05, 3.63) is 46.5 Å². The third-order valence-electron chi connectivity index (χ3n) is 5.65. The molecule has 142 valence electrons. The lowest BCUT2D eigenvalue weighted by molar-refractivity contribution is 0.0966. The lowest BCUT2D eigenvalue weighted by Crippen LogP contribution is -2.43. The third kappa shape index (κ3) is 3.49.